The van der Waals surface area contributed by atoms with Crippen molar-refractivity contribution in [2.45, 2.75) is 13.0 Å². The standard InChI is InChI=1S/C15H12BrClFNO2/c1-8(11-6-9(16)2-5-14(11)18)19-10-3-4-13(17)12(7-10)15(20)21/h2-8,19H,1H3,(H,20,21). The Morgan fingerprint density at radius 2 is 2.05 bits per heavy atom. The van der Waals surface area contributed by atoms with Gasteiger partial charge in [-0.15, -0.1) is 0 Å². The third-order valence-electron chi connectivity index (χ3n) is 3.00. The fourth-order valence-electron chi connectivity index (χ4n) is 1.95. The third kappa shape index (κ3) is 3.74. The molecule has 2 aromatic rings. The summed E-state index contributed by atoms with van der Waals surface area (Å²) in [6, 6.07) is 8.93. The van der Waals surface area contributed by atoms with Gasteiger partial charge in [0, 0.05) is 15.7 Å². The first-order chi connectivity index (χ1) is 9.88. The lowest BCUT2D eigenvalue weighted by molar-refractivity contribution is 0.0697. The molecule has 3 nitrogen and oxygen atoms in total. The highest BCUT2D eigenvalue weighted by Crippen LogP contribution is 2.27. The van der Waals surface area contributed by atoms with E-state index in [0.717, 1.165) is 4.47 Å². The minimum absolute atomic E-state index is 0.00332. The van der Waals surface area contributed by atoms with E-state index >= 15 is 0 Å². The quantitative estimate of drug-likeness (QED) is 0.784. The second kappa shape index (κ2) is 6.45. The number of carboxylic acids is 1. The van der Waals surface area contributed by atoms with Crippen molar-refractivity contribution in [1.29, 1.82) is 0 Å². The number of halogens is 3. The van der Waals surface area contributed by atoms with Gasteiger partial charge in [-0.1, -0.05) is 27.5 Å². The number of carbonyl (C=O) groups is 1. The van der Waals surface area contributed by atoms with E-state index in [1.54, 1.807) is 25.1 Å². The molecule has 0 aliphatic carbocycles. The van der Waals surface area contributed by atoms with Crippen molar-refractivity contribution in [3.05, 3.63) is 62.8 Å². The highest BCUT2D eigenvalue weighted by Gasteiger charge is 2.14. The number of anilines is 1. The monoisotopic (exact) mass is 371 g/mol. The van der Waals surface area contributed by atoms with Gasteiger partial charge < -0.3 is 10.4 Å². The zero-order valence-corrected chi connectivity index (χ0v) is 13.4. The average Bonchev–Trinajstić information content (AvgIpc) is 2.43. The summed E-state index contributed by atoms with van der Waals surface area (Å²) >= 11 is 9.12. The Balaban J connectivity index is 2.27. The van der Waals surface area contributed by atoms with Crippen LogP contribution in [0.2, 0.25) is 5.02 Å². The second-order valence-electron chi connectivity index (χ2n) is 4.53. The molecule has 2 N–H and O–H groups in total. The molecule has 0 bridgehead atoms. The van der Waals surface area contributed by atoms with Gasteiger partial charge in [-0.3, -0.25) is 0 Å². The Morgan fingerprint density at radius 3 is 2.71 bits per heavy atom. The molecule has 2 aromatic carbocycles. The first-order valence-corrected chi connectivity index (χ1v) is 7.30. The topological polar surface area (TPSA) is 49.3 Å². The van der Waals surface area contributed by atoms with Gasteiger partial charge >= 0.3 is 5.97 Å². The maximum absolute atomic E-state index is 13.8. The molecule has 0 heterocycles. The van der Waals surface area contributed by atoms with Crippen LogP contribution < -0.4 is 5.32 Å². The highest BCUT2D eigenvalue weighted by atomic mass is 79.9. The van der Waals surface area contributed by atoms with Crippen LogP contribution in [-0.4, -0.2) is 11.1 Å². The van der Waals surface area contributed by atoms with E-state index in [-0.39, 0.29) is 22.4 Å². The molecule has 0 spiro atoms. The van der Waals surface area contributed by atoms with Crippen molar-refractivity contribution in [2.75, 3.05) is 5.32 Å². The lowest BCUT2D eigenvalue weighted by Crippen LogP contribution is -2.09. The first kappa shape index (κ1) is 15.8. The molecular weight excluding hydrogens is 361 g/mol. The molecule has 1 unspecified atom stereocenters. The van der Waals surface area contributed by atoms with Crippen LogP contribution >= 0.6 is 27.5 Å². The first-order valence-electron chi connectivity index (χ1n) is 6.13. The normalized spacial score (nSPS) is 12.0. The summed E-state index contributed by atoms with van der Waals surface area (Å²) in [5.41, 5.74) is 1.04. The van der Waals surface area contributed by atoms with Crippen LogP contribution in [-0.2, 0) is 0 Å². The van der Waals surface area contributed by atoms with E-state index in [0.29, 0.717) is 11.3 Å². The van der Waals surface area contributed by atoms with Gasteiger partial charge in [0.1, 0.15) is 5.82 Å². The van der Waals surface area contributed by atoms with E-state index in [9.17, 15) is 9.18 Å². The third-order valence-corrected chi connectivity index (χ3v) is 3.83. The van der Waals surface area contributed by atoms with Crippen LogP contribution in [0.3, 0.4) is 0 Å². The van der Waals surface area contributed by atoms with Crippen LogP contribution in [0.25, 0.3) is 0 Å². The van der Waals surface area contributed by atoms with Crippen molar-refractivity contribution >= 4 is 39.2 Å². The number of hydrogen-bond acceptors (Lipinski definition) is 2. The van der Waals surface area contributed by atoms with E-state index < -0.39 is 5.97 Å². The molecular formula is C15H12BrClFNO2. The Morgan fingerprint density at radius 1 is 1.33 bits per heavy atom. The van der Waals surface area contributed by atoms with Crippen molar-refractivity contribution in [1.82, 2.24) is 0 Å². The smallest absolute Gasteiger partial charge is 0.337 e. The summed E-state index contributed by atoms with van der Waals surface area (Å²) in [5, 5.41) is 12.3. The van der Waals surface area contributed by atoms with Crippen LogP contribution in [0.1, 0.15) is 28.9 Å². The molecule has 0 aliphatic rings. The SMILES string of the molecule is CC(Nc1ccc(Cl)c(C(=O)O)c1)c1cc(Br)ccc1F. The van der Waals surface area contributed by atoms with E-state index in [1.807, 2.05) is 0 Å². The Bertz CT molecular complexity index is 693. The molecule has 2 rings (SSSR count). The van der Waals surface area contributed by atoms with E-state index in [4.69, 9.17) is 16.7 Å². The largest absolute Gasteiger partial charge is 0.478 e. The summed E-state index contributed by atoms with van der Waals surface area (Å²) in [7, 11) is 0. The lowest BCUT2D eigenvalue weighted by atomic mass is 10.1. The van der Waals surface area contributed by atoms with Crippen LogP contribution in [0.15, 0.2) is 40.9 Å². The van der Waals surface area contributed by atoms with Gasteiger partial charge in [0.05, 0.1) is 16.6 Å². The van der Waals surface area contributed by atoms with E-state index in [2.05, 4.69) is 21.2 Å². The van der Waals surface area contributed by atoms with Crippen molar-refractivity contribution < 1.29 is 14.3 Å². The van der Waals surface area contributed by atoms with Gasteiger partial charge in [0.2, 0.25) is 0 Å². The molecule has 1 atom stereocenters. The second-order valence-corrected chi connectivity index (χ2v) is 5.85. The van der Waals surface area contributed by atoms with Gasteiger partial charge in [0.15, 0.2) is 0 Å². The maximum atomic E-state index is 13.8. The van der Waals surface area contributed by atoms with Gasteiger partial charge in [0.25, 0.3) is 0 Å². The number of carboxylic acid groups (broad SMARTS) is 1. The zero-order chi connectivity index (χ0) is 15.6. The molecule has 0 amide bonds. The lowest BCUT2D eigenvalue weighted by Gasteiger charge is -2.17. The summed E-state index contributed by atoms with van der Waals surface area (Å²) < 4.78 is 14.6. The zero-order valence-electron chi connectivity index (χ0n) is 11.0. The van der Waals surface area contributed by atoms with Crippen LogP contribution in [0, 0.1) is 5.82 Å². The maximum Gasteiger partial charge on any atom is 0.337 e. The number of hydrogen-bond donors (Lipinski definition) is 2. The van der Waals surface area contributed by atoms with E-state index in [1.165, 1.54) is 18.2 Å². The molecule has 6 heteroatoms. The van der Waals surface area contributed by atoms with Crippen molar-refractivity contribution in [3.8, 4) is 0 Å². The summed E-state index contributed by atoms with van der Waals surface area (Å²) in [4.78, 5) is 11.1. The van der Waals surface area contributed by atoms with Crippen molar-refractivity contribution in [2.24, 2.45) is 0 Å². The highest BCUT2D eigenvalue weighted by molar-refractivity contribution is 9.10. The summed E-state index contributed by atoms with van der Waals surface area (Å²) in [6.45, 7) is 1.79. The molecule has 0 radical (unpaired) electrons. The fraction of sp³-hybridized carbons (Fsp3) is 0.133. The number of nitrogens with one attached hydrogen (secondary N) is 1. The van der Waals surface area contributed by atoms with Gasteiger partial charge in [-0.25, -0.2) is 9.18 Å². The van der Waals surface area contributed by atoms with Gasteiger partial charge in [-0.2, -0.15) is 0 Å². The number of rotatable bonds is 4. The summed E-state index contributed by atoms with van der Waals surface area (Å²) in [6.07, 6.45) is 0. The molecule has 0 aliphatic heterocycles. The molecule has 0 saturated carbocycles. The van der Waals surface area contributed by atoms with Crippen LogP contribution in [0.5, 0.6) is 0 Å². The van der Waals surface area contributed by atoms with Crippen molar-refractivity contribution in [3.63, 3.8) is 0 Å². The van der Waals surface area contributed by atoms with Gasteiger partial charge in [-0.05, 0) is 43.3 Å². The molecule has 110 valence electrons. The fourth-order valence-corrected chi connectivity index (χ4v) is 2.53. The minimum Gasteiger partial charge on any atom is -0.478 e. The summed E-state index contributed by atoms with van der Waals surface area (Å²) in [5.74, 6) is -1.43. The minimum atomic E-state index is -1.11. The molecule has 0 fully saturated rings. The Kier molecular flexibility index (Phi) is 4.85. The molecule has 0 aromatic heterocycles. The molecule has 21 heavy (non-hydrogen) atoms. The number of benzene rings is 2. The molecule has 0 saturated heterocycles. The Labute approximate surface area is 134 Å². The predicted octanol–water partition coefficient (Wildman–Crippen LogP) is 5.11. The predicted molar refractivity (Wildman–Crippen MR) is 84.5 cm³/mol. The van der Waals surface area contributed by atoms with Crippen LogP contribution in [0.4, 0.5) is 10.1 Å². The number of aromatic carboxylic acids is 1. The Hall–Kier alpha value is -1.59. The average molecular weight is 373 g/mol.